The highest BCUT2D eigenvalue weighted by molar-refractivity contribution is 7.89. The van der Waals surface area contributed by atoms with E-state index in [-0.39, 0.29) is 29.0 Å². The third-order valence-electron chi connectivity index (χ3n) is 4.98. The zero-order valence-corrected chi connectivity index (χ0v) is 15.0. The molecule has 28 heavy (non-hydrogen) atoms. The van der Waals surface area contributed by atoms with E-state index in [1.807, 2.05) is 0 Å². The average Bonchev–Trinajstić information content (AvgIpc) is 3.02. The van der Waals surface area contributed by atoms with Crippen LogP contribution in [0.3, 0.4) is 0 Å². The van der Waals surface area contributed by atoms with Crippen LogP contribution in [0.4, 0.5) is 13.2 Å². The van der Waals surface area contributed by atoms with E-state index in [0.29, 0.717) is 0 Å². The Morgan fingerprint density at radius 3 is 2.25 bits per heavy atom. The molecule has 10 heteroatoms. The molecule has 2 aromatic rings. The lowest BCUT2D eigenvalue weighted by Crippen LogP contribution is -2.48. The smallest absolute Gasteiger partial charge is 0.294 e. The van der Waals surface area contributed by atoms with Gasteiger partial charge in [-0.2, -0.15) is 17.5 Å². The van der Waals surface area contributed by atoms with Gasteiger partial charge in [0.1, 0.15) is 0 Å². The Labute approximate surface area is 158 Å². The molecule has 2 aliphatic rings. The van der Waals surface area contributed by atoms with E-state index in [4.69, 9.17) is 0 Å². The van der Waals surface area contributed by atoms with Gasteiger partial charge in [0.15, 0.2) is 5.54 Å². The number of nitrogens with one attached hydrogen (secondary N) is 1. The summed E-state index contributed by atoms with van der Waals surface area (Å²) in [5.74, 6) is -1.38. The van der Waals surface area contributed by atoms with Crippen molar-refractivity contribution in [3.05, 3.63) is 65.2 Å². The SMILES string of the molecule is O=C1CC2(C(=O)N1)c1ccccc1S(=O)(=O)N2Cc1ccc(C(F)(F)F)cc1. The zero-order chi connectivity index (χ0) is 20.3. The van der Waals surface area contributed by atoms with Crippen LogP contribution in [0, 0.1) is 0 Å². The van der Waals surface area contributed by atoms with Crippen molar-refractivity contribution in [1.82, 2.24) is 9.62 Å². The van der Waals surface area contributed by atoms with Crippen molar-refractivity contribution in [3.63, 3.8) is 0 Å². The molecule has 0 aromatic heterocycles. The van der Waals surface area contributed by atoms with E-state index < -0.39 is 39.1 Å². The maximum absolute atomic E-state index is 13.1. The standard InChI is InChI=1S/C18H13F3N2O4S/c19-18(20,21)12-7-5-11(6-8-12)10-23-17(9-15(24)22-16(17)25)13-3-1-2-4-14(13)28(23,26)27/h1-8H,9-10H2,(H,22,24,25). The van der Waals surface area contributed by atoms with Crippen molar-refractivity contribution >= 4 is 21.8 Å². The Hall–Kier alpha value is -2.72. The third-order valence-corrected chi connectivity index (χ3v) is 6.91. The van der Waals surface area contributed by atoms with Crippen LogP contribution < -0.4 is 5.32 Å². The predicted molar refractivity (Wildman–Crippen MR) is 90.1 cm³/mol. The van der Waals surface area contributed by atoms with Crippen LogP contribution in [0.2, 0.25) is 0 Å². The van der Waals surface area contributed by atoms with E-state index >= 15 is 0 Å². The molecule has 1 atom stereocenters. The summed E-state index contributed by atoms with van der Waals surface area (Å²) in [5.41, 5.74) is -2.16. The molecule has 2 heterocycles. The topological polar surface area (TPSA) is 83.5 Å². The normalized spacial score (nSPS) is 23.8. The molecule has 146 valence electrons. The summed E-state index contributed by atoms with van der Waals surface area (Å²) >= 11 is 0. The monoisotopic (exact) mass is 410 g/mol. The number of carbonyl (C=O) groups is 2. The molecule has 2 amide bonds. The highest BCUT2D eigenvalue weighted by Crippen LogP contribution is 2.49. The number of rotatable bonds is 2. The second kappa shape index (κ2) is 5.89. The highest BCUT2D eigenvalue weighted by atomic mass is 32.2. The zero-order valence-electron chi connectivity index (χ0n) is 14.2. The molecule has 1 fully saturated rings. The van der Waals surface area contributed by atoms with Crippen molar-refractivity contribution in [2.75, 3.05) is 0 Å². The minimum atomic E-state index is -4.52. The summed E-state index contributed by atoms with van der Waals surface area (Å²) in [6.07, 6.45) is -4.91. The second-order valence-electron chi connectivity index (χ2n) is 6.62. The van der Waals surface area contributed by atoms with Gasteiger partial charge in [-0.3, -0.25) is 14.9 Å². The number of carbonyl (C=O) groups excluding carboxylic acids is 2. The molecule has 4 rings (SSSR count). The first-order valence-corrected chi connectivity index (χ1v) is 9.63. The highest BCUT2D eigenvalue weighted by Gasteiger charge is 2.62. The quantitative estimate of drug-likeness (QED) is 0.769. The lowest BCUT2D eigenvalue weighted by atomic mass is 9.87. The molecule has 0 aliphatic carbocycles. The first-order valence-electron chi connectivity index (χ1n) is 8.19. The average molecular weight is 410 g/mol. The molecule has 6 nitrogen and oxygen atoms in total. The fourth-order valence-electron chi connectivity index (χ4n) is 3.68. The van der Waals surface area contributed by atoms with Crippen LogP contribution >= 0.6 is 0 Å². The number of amides is 2. The van der Waals surface area contributed by atoms with Gasteiger partial charge in [0.25, 0.3) is 5.91 Å². The molecule has 0 saturated carbocycles. The lowest BCUT2D eigenvalue weighted by Gasteiger charge is -2.30. The van der Waals surface area contributed by atoms with Crippen molar-refractivity contribution in [3.8, 4) is 0 Å². The molecule has 0 bridgehead atoms. The van der Waals surface area contributed by atoms with Crippen LogP contribution in [-0.4, -0.2) is 24.5 Å². The van der Waals surface area contributed by atoms with Gasteiger partial charge < -0.3 is 0 Å². The Morgan fingerprint density at radius 2 is 1.68 bits per heavy atom. The Bertz CT molecular complexity index is 1100. The molecular formula is C18H13F3N2O4S. The minimum Gasteiger partial charge on any atom is -0.294 e. The predicted octanol–water partition coefficient (Wildman–Crippen LogP) is 2.15. The Kier molecular flexibility index (Phi) is 3.92. The molecule has 1 unspecified atom stereocenters. The van der Waals surface area contributed by atoms with Gasteiger partial charge in [-0.15, -0.1) is 0 Å². The number of alkyl halides is 3. The number of fused-ring (bicyclic) bond motifs is 2. The number of nitrogens with zero attached hydrogens (tertiary/aromatic N) is 1. The van der Waals surface area contributed by atoms with Crippen LogP contribution in [0.5, 0.6) is 0 Å². The number of hydrogen-bond acceptors (Lipinski definition) is 4. The van der Waals surface area contributed by atoms with Crippen LogP contribution in [0.1, 0.15) is 23.1 Å². The summed E-state index contributed by atoms with van der Waals surface area (Å²) in [5, 5.41) is 2.14. The number of imide groups is 1. The van der Waals surface area contributed by atoms with Crippen molar-refractivity contribution < 1.29 is 31.2 Å². The number of hydrogen-bond donors (Lipinski definition) is 1. The molecule has 1 N–H and O–H groups in total. The van der Waals surface area contributed by atoms with Crippen molar-refractivity contribution in [2.45, 2.75) is 29.6 Å². The third kappa shape index (κ3) is 2.55. The van der Waals surface area contributed by atoms with E-state index in [2.05, 4.69) is 5.32 Å². The first kappa shape index (κ1) is 18.6. The van der Waals surface area contributed by atoms with E-state index in [0.717, 1.165) is 28.6 Å². The summed E-state index contributed by atoms with van der Waals surface area (Å²) in [6.45, 7) is -0.351. The molecule has 0 radical (unpaired) electrons. The summed E-state index contributed by atoms with van der Waals surface area (Å²) in [7, 11) is -4.13. The van der Waals surface area contributed by atoms with Gasteiger partial charge in [0.2, 0.25) is 15.9 Å². The van der Waals surface area contributed by atoms with Gasteiger partial charge in [0.05, 0.1) is 16.9 Å². The lowest BCUT2D eigenvalue weighted by molar-refractivity contribution is -0.137. The number of sulfonamides is 1. The van der Waals surface area contributed by atoms with Crippen molar-refractivity contribution in [1.29, 1.82) is 0 Å². The van der Waals surface area contributed by atoms with Crippen LogP contribution in [0.15, 0.2) is 53.4 Å². The van der Waals surface area contributed by atoms with Gasteiger partial charge in [-0.1, -0.05) is 30.3 Å². The minimum absolute atomic E-state index is 0.0910. The maximum atomic E-state index is 13.1. The van der Waals surface area contributed by atoms with Crippen LogP contribution in [-0.2, 0) is 37.9 Å². The fourth-order valence-corrected chi connectivity index (χ4v) is 5.66. The molecule has 1 saturated heterocycles. The van der Waals surface area contributed by atoms with E-state index in [1.54, 1.807) is 6.07 Å². The van der Waals surface area contributed by atoms with Crippen LogP contribution in [0.25, 0.3) is 0 Å². The van der Waals surface area contributed by atoms with Gasteiger partial charge in [-0.05, 0) is 23.8 Å². The summed E-state index contributed by atoms with van der Waals surface area (Å²) < 4.78 is 65.4. The summed E-state index contributed by atoms with van der Waals surface area (Å²) in [6, 6.07) is 9.88. The number of benzene rings is 2. The van der Waals surface area contributed by atoms with Crippen molar-refractivity contribution in [2.24, 2.45) is 0 Å². The molecular weight excluding hydrogens is 397 g/mol. The van der Waals surface area contributed by atoms with Gasteiger partial charge in [0, 0.05) is 12.1 Å². The largest absolute Gasteiger partial charge is 0.416 e. The molecule has 2 aromatic carbocycles. The summed E-state index contributed by atoms with van der Waals surface area (Å²) in [4.78, 5) is 24.5. The Morgan fingerprint density at radius 1 is 1.04 bits per heavy atom. The van der Waals surface area contributed by atoms with E-state index in [9.17, 15) is 31.2 Å². The van der Waals surface area contributed by atoms with Gasteiger partial charge in [-0.25, -0.2) is 8.42 Å². The molecule has 1 spiro atoms. The fraction of sp³-hybridized carbons (Fsp3) is 0.222. The van der Waals surface area contributed by atoms with Gasteiger partial charge >= 0.3 is 6.18 Å². The Balaban J connectivity index is 1.81. The first-order chi connectivity index (χ1) is 13.1. The maximum Gasteiger partial charge on any atom is 0.416 e. The number of halogens is 3. The van der Waals surface area contributed by atoms with E-state index in [1.165, 1.54) is 18.2 Å². The molecule has 2 aliphatic heterocycles. The second-order valence-corrected chi connectivity index (χ2v) is 8.45.